The zero-order chi connectivity index (χ0) is 8.65. The molecule has 0 aromatic carbocycles. The predicted octanol–water partition coefficient (Wildman–Crippen LogP) is 0.798. The Morgan fingerprint density at radius 1 is 1.15 bits per heavy atom. The third-order valence-corrected chi connectivity index (χ3v) is 0.862. The molecule has 0 spiro atoms. The number of rotatable bonds is 0. The molecule has 2 rings (SSSR count). The van der Waals surface area contributed by atoms with Crippen molar-refractivity contribution in [3.63, 3.8) is 0 Å². The van der Waals surface area contributed by atoms with Crippen LogP contribution in [0.15, 0.2) is 22.8 Å². The molecule has 0 N–H and O–H groups in total. The molecule has 0 atom stereocenters. The molecule has 0 unspecified atom stereocenters. The summed E-state index contributed by atoms with van der Waals surface area (Å²) in [7, 11) is 0. The molecule has 57 valence electrons. The summed E-state index contributed by atoms with van der Waals surface area (Å²) < 4.78 is 0. The second-order valence-electron chi connectivity index (χ2n) is 1.61. The van der Waals surface area contributed by atoms with E-state index in [0.717, 1.165) is 0 Å². The summed E-state index contributed by atoms with van der Waals surface area (Å²) in [5, 5.41) is 8.07. The molecule has 0 bridgehead atoms. The summed E-state index contributed by atoms with van der Waals surface area (Å²) in [5.41, 5.74) is 7.88. The van der Waals surface area contributed by atoms with Crippen molar-refractivity contribution in [3.8, 4) is 23.7 Å². The van der Waals surface area contributed by atoms with Crippen LogP contribution >= 0.6 is 0 Å². The molecule has 1 radical (unpaired) electrons. The van der Waals surface area contributed by atoms with Gasteiger partial charge in [0.05, 0.1) is 5.57 Å². The van der Waals surface area contributed by atoms with E-state index < -0.39 is 0 Å². The van der Waals surface area contributed by atoms with E-state index in [1.54, 1.807) is 0 Å². The van der Waals surface area contributed by atoms with E-state index in [4.69, 9.17) is 5.41 Å². The number of nitrogens with zero attached hydrogens (tertiary/aromatic N) is 1. The monoisotopic (exact) mass is 202 g/mol. The molecule has 2 aliphatic rings. The minimum Gasteiger partial charge on any atom is -0.762 e. The molecule has 2 heteroatoms. The Kier molecular flexibility index (Phi) is 5.89. The fraction of sp³-hybridized carbons (Fsp3) is 0. The first-order valence-corrected chi connectivity index (χ1v) is 2.97. The van der Waals surface area contributed by atoms with Gasteiger partial charge in [0.2, 0.25) is 0 Å². The van der Waals surface area contributed by atoms with Gasteiger partial charge in [-0.25, -0.2) is 11.6 Å². The molecule has 0 amide bonds. The van der Waals surface area contributed by atoms with Crippen LogP contribution in [0.25, 0.3) is 5.41 Å². The Balaban J connectivity index is 0.000000215. The largest absolute Gasteiger partial charge is 2.00 e. The quantitative estimate of drug-likeness (QED) is 0.182. The number of allylic oxidation sites excluding steroid dienone is 3. The van der Waals surface area contributed by atoms with Gasteiger partial charge in [-0.2, -0.15) is 0 Å². The van der Waals surface area contributed by atoms with Crippen LogP contribution in [0.2, 0.25) is 0 Å². The summed E-state index contributed by atoms with van der Waals surface area (Å²) in [4.78, 5) is 0. The summed E-state index contributed by atoms with van der Waals surface area (Å²) >= 11 is 0. The minimum atomic E-state index is 0. The van der Waals surface area contributed by atoms with Crippen molar-refractivity contribution in [1.82, 2.24) is 0 Å². The van der Waals surface area contributed by atoms with Gasteiger partial charge in [-0.15, -0.1) is 12.2 Å². The Morgan fingerprint density at radius 2 is 1.85 bits per heavy atom. The maximum Gasteiger partial charge on any atom is 2.00 e. The number of hydrogen-bond acceptors (Lipinski definition) is 0. The summed E-state index contributed by atoms with van der Waals surface area (Å²) in [6.07, 6.45) is 5.00. The first-order chi connectivity index (χ1) is 5.93. The Bertz CT molecular complexity index is 454. The van der Waals surface area contributed by atoms with Crippen molar-refractivity contribution < 1.29 is 17.1 Å². The molecular formula is C11FeN. The zero-order valence-electron chi connectivity index (χ0n) is 6.30. The molecule has 0 heterocycles. The van der Waals surface area contributed by atoms with Crippen molar-refractivity contribution in [2.24, 2.45) is 0 Å². The van der Waals surface area contributed by atoms with Crippen LogP contribution in [0.1, 0.15) is 0 Å². The maximum atomic E-state index is 8.07. The van der Waals surface area contributed by atoms with E-state index in [1.165, 1.54) is 0 Å². The zero-order valence-corrected chi connectivity index (χ0v) is 7.40. The van der Waals surface area contributed by atoms with Gasteiger partial charge >= 0.3 is 17.1 Å². The van der Waals surface area contributed by atoms with Gasteiger partial charge in [0.25, 0.3) is 0 Å². The van der Waals surface area contributed by atoms with Gasteiger partial charge in [-0.3, -0.25) is 11.5 Å². The summed E-state index contributed by atoms with van der Waals surface area (Å²) in [6.45, 7) is 0. The first kappa shape index (κ1) is 11.2. The van der Waals surface area contributed by atoms with Crippen LogP contribution in [0.5, 0.6) is 0 Å². The van der Waals surface area contributed by atoms with E-state index >= 15 is 0 Å². The van der Waals surface area contributed by atoms with E-state index in [2.05, 4.69) is 53.0 Å². The molecule has 0 saturated heterocycles. The van der Waals surface area contributed by atoms with E-state index in [-0.39, 0.29) is 17.1 Å². The van der Waals surface area contributed by atoms with Crippen LogP contribution in [0, 0.1) is 35.8 Å². The van der Waals surface area contributed by atoms with Crippen LogP contribution in [-0.4, -0.2) is 5.87 Å². The van der Waals surface area contributed by atoms with E-state index in [0.29, 0.717) is 5.57 Å². The smallest absolute Gasteiger partial charge is 0.762 e. The summed E-state index contributed by atoms with van der Waals surface area (Å²) in [5.74, 6) is 11.7. The Hall–Kier alpha value is -1.83. The average Bonchev–Trinajstić information content (AvgIpc) is 2.81. The molecule has 13 heavy (non-hydrogen) atoms. The normalized spacial score (nSPS) is 10.0. The molecule has 0 fully saturated rings. The van der Waals surface area contributed by atoms with Gasteiger partial charge < -0.3 is 5.41 Å². The maximum absolute atomic E-state index is 8.07. The Morgan fingerprint density at radius 3 is 2.08 bits per heavy atom. The van der Waals surface area contributed by atoms with Gasteiger partial charge in [-0.05, 0) is 23.7 Å². The van der Waals surface area contributed by atoms with Crippen molar-refractivity contribution in [1.29, 1.82) is 0 Å². The predicted molar refractivity (Wildman–Crippen MR) is 44.5 cm³/mol. The summed E-state index contributed by atoms with van der Waals surface area (Å²) in [6, 6.07) is 0. The van der Waals surface area contributed by atoms with E-state index in [1.807, 2.05) is 5.87 Å². The van der Waals surface area contributed by atoms with Gasteiger partial charge in [-0.1, -0.05) is 0 Å². The molecule has 0 aromatic heterocycles. The Labute approximate surface area is 87.2 Å². The van der Waals surface area contributed by atoms with Crippen molar-refractivity contribution in [2.45, 2.75) is 0 Å². The van der Waals surface area contributed by atoms with Crippen molar-refractivity contribution >= 4 is 5.87 Å². The third-order valence-electron chi connectivity index (χ3n) is 0.862. The molecule has 0 saturated carbocycles. The fourth-order valence-corrected chi connectivity index (χ4v) is 0.431. The van der Waals surface area contributed by atoms with Gasteiger partial charge in [0.1, 0.15) is 0 Å². The molecule has 0 aromatic rings. The second-order valence-corrected chi connectivity index (χ2v) is 1.61. The van der Waals surface area contributed by atoms with Crippen molar-refractivity contribution in [2.75, 3.05) is 0 Å². The van der Waals surface area contributed by atoms with Crippen LogP contribution < -0.4 is 0 Å². The fourth-order valence-electron chi connectivity index (χ4n) is 0.431. The number of hydrogen-bond donors (Lipinski definition) is 0. The SMILES string of the molecule is [C]1=C=C=C=[C-]1.[Fe+2].[N-]=C=C1C#CC#C1. The standard InChI is InChI=1S/C6N.C5.Fe/c7-5-6-3-1-2-4-6;1-2-4-5-3-1;/q2*-1;+2. The van der Waals surface area contributed by atoms with Crippen LogP contribution in [-0.2, 0) is 17.1 Å². The van der Waals surface area contributed by atoms with Crippen LogP contribution in [0.4, 0.5) is 0 Å². The van der Waals surface area contributed by atoms with Crippen molar-refractivity contribution in [3.05, 3.63) is 40.3 Å². The first-order valence-electron chi connectivity index (χ1n) is 2.97. The van der Waals surface area contributed by atoms with Gasteiger partial charge in [0, 0.05) is 0 Å². The molecular weight excluding hydrogens is 202 g/mol. The van der Waals surface area contributed by atoms with Gasteiger partial charge in [0.15, 0.2) is 0 Å². The average molecular weight is 202 g/mol. The molecule has 2 aliphatic carbocycles. The minimum absolute atomic E-state index is 0. The van der Waals surface area contributed by atoms with Crippen LogP contribution in [0.3, 0.4) is 0 Å². The van der Waals surface area contributed by atoms with E-state index in [9.17, 15) is 0 Å². The molecule has 0 aliphatic heterocycles. The third kappa shape index (κ3) is 4.58. The topological polar surface area (TPSA) is 22.3 Å². The second kappa shape index (κ2) is 6.85. The molecule has 1 nitrogen and oxygen atoms in total.